The zero-order valence-electron chi connectivity index (χ0n) is 11.4. The Hall–Kier alpha value is -2.38. The zero-order chi connectivity index (χ0) is 14.7. The molecule has 8 heteroatoms. The van der Waals surface area contributed by atoms with Gasteiger partial charge in [0.15, 0.2) is 0 Å². The molecule has 1 aromatic heterocycles. The Kier molecular flexibility index (Phi) is 4.02. The molecule has 1 aliphatic rings. The van der Waals surface area contributed by atoms with Crippen LogP contribution in [0.1, 0.15) is 19.8 Å². The van der Waals surface area contributed by atoms with Gasteiger partial charge in [0.25, 0.3) is 0 Å². The number of rotatable bonds is 4. The van der Waals surface area contributed by atoms with Crippen LogP contribution in [0.4, 0.5) is 17.2 Å². The molecule has 0 aliphatic carbocycles. The van der Waals surface area contributed by atoms with Gasteiger partial charge in [-0.2, -0.15) is 4.98 Å². The molecule has 1 aliphatic heterocycles. The summed E-state index contributed by atoms with van der Waals surface area (Å²) in [5.41, 5.74) is 0.0751. The molecular weight excluding hydrogens is 264 g/mol. The summed E-state index contributed by atoms with van der Waals surface area (Å²) in [6.45, 7) is 2.78. The molecule has 1 amide bonds. The summed E-state index contributed by atoms with van der Waals surface area (Å²) in [4.78, 5) is 27.9. The highest BCUT2D eigenvalue weighted by Crippen LogP contribution is 2.36. The van der Waals surface area contributed by atoms with E-state index in [9.17, 15) is 14.9 Å². The van der Waals surface area contributed by atoms with E-state index in [0.717, 1.165) is 25.9 Å². The molecule has 0 radical (unpaired) electrons. The average molecular weight is 280 g/mol. The number of carbonyl (C=O) groups excluding carboxylic acids is 1. The van der Waals surface area contributed by atoms with E-state index < -0.39 is 4.92 Å². The summed E-state index contributed by atoms with van der Waals surface area (Å²) in [5, 5.41) is 13.7. The number of nitrogens with one attached hydrogen (secondary N) is 1. The van der Waals surface area contributed by atoms with Gasteiger partial charge in [-0.15, -0.1) is 0 Å². The molecule has 0 saturated carbocycles. The highest BCUT2D eigenvalue weighted by atomic mass is 16.6. The Balaban J connectivity index is 2.49. The largest absolute Gasteiger partial charge is 0.479 e. The van der Waals surface area contributed by atoms with Crippen LogP contribution in [0.25, 0.3) is 0 Å². The van der Waals surface area contributed by atoms with Crippen molar-refractivity contribution in [2.75, 3.05) is 30.4 Å². The van der Waals surface area contributed by atoms with E-state index in [1.54, 1.807) is 0 Å². The number of ether oxygens (including phenoxy) is 1. The zero-order valence-corrected chi connectivity index (χ0v) is 11.4. The summed E-state index contributed by atoms with van der Waals surface area (Å²) in [6, 6.07) is 1.29. The van der Waals surface area contributed by atoms with Crippen molar-refractivity contribution in [3.05, 3.63) is 16.2 Å². The van der Waals surface area contributed by atoms with E-state index in [1.807, 2.05) is 4.90 Å². The first kappa shape index (κ1) is 14.0. The molecule has 0 aromatic carbocycles. The predicted molar refractivity (Wildman–Crippen MR) is 73.2 cm³/mol. The van der Waals surface area contributed by atoms with Crippen molar-refractivity contribution in [1.29, 1.82) is 0 Å². The molecule has 8 nitrogen and oxygen atoms in total. The minimum atomic E-state index is -0.495. The van der Waals surface area contributed by atoms with E-state index >= 15 is 0 Å². The number of hydrogen-bond donors (Lipinski definition) is 1. The third kappa shape index (κ3) is 2.79. The number of amides is 1. The fourth-order valence-electron chi connectivity index (χ4n) is 2.21. The minimum Gasteiger partial charge on any atom is -0.479 e. The van der Waals surface area contributed by atoms with Crippen molar-refractivity contribution in [3.8, 4) is 5.88 Å². The van der Waals surface area contributed by atoms with Gasteiger partial charge in [-0.05, 0) is 12.8 Å². The molecule has 108 valence electrons. The number of anilines is 2. The van der Waals surface area contributed by atoms with Crippen molar-refractivity contribution in [3.63, 3.8) is 0 Å². The van der Waals surface area contributed by atoms with Gasteiger partial charge in [0, 0.05) is 26.1 Å². The lowest BCUT2D eigenvalue weighted by molar-refractivity contribution is -0.384. The van der Waals surface area contributed by atoms with Crippen LogP contribution < -0.4 is 15.0 Å². The highest BCUT2D eigenvalue weighted by Gasteiger charge is 2.27. The number of methoxy groups -OCH3 is 1. The number of nitro groups is 1. The summed E-state index contributed by atoms with van der Waals surface area (Å²) < 4.78 is 5.11. The third-order valence-corrected chi connectivity index (χ3v) is 3.05. The SMILES string of the molecule is COc1nc(N2CCCC2)c([N+](=O)[O-])cc1NC(C)=O. The van der Waals surface area contributed by atoms with E-state index in [4.69, 9.17) is 4.74 Å². The summed E-state index contributed by atoms with van der Waals surface area (Å²) in [5.74, 6) is 0.125. The van der Waals surface area contributed by atoms with Gasteiger partial charge in [0.1, 0.15) is 5.69 Å². The van der Waals surface area contributed by atoms with Gasteiger partial charge in [-0.25, -0.2) is 0 Å². The molecule has 1 fully saturated rings. The predicted octanol–water partition coefficient (Wildman–Crippen LogP) is 1.56. The van der Waals surface area contributed by atoms with Gasteiger partial charge >= 0.3 is 5.69 Å². The Labute approximate surface area is 115 Å². The fourth-order valence-corrected chi connectivity index (χ4v) is 2.21. The van der Waals surface area contributed by atoms with Crippen LogP contribution in [0.3, 0.4) is 0 Å². The summed E-state index contributed by atoms with van der Waals surface area (Å²) in [6.07, 6.45) is 1.96. The molecule has 1 saturated heterocycles. The lowest BCUT2D eigenvalue weighted by Crippen LogP contribution is -2.21. The van der Waals surface area contributed by atoms with E-state index in [0.29, 0.717) is 5.82 Å². The third-order valence-electron chi connectivity index (χ3n) is 3.05. The van der Waals surface area contributed by atoms with E-state index in [1.165, 1.54) is 20.1 Å². The van der Waals surface area contributed by atoms with Crippen LogP contribution in [-0.2, 0) is 4.79 Å². The second-order valence-electron chi connectivity index (χ2n) is 4.52. The molecule has 2 heterocycles. The van der Waals surface area contributed by atoms with Crippen molar-refractivity contribution >= 4 is 23.1 Å². The summed E-state index contributed by atoms with van der Waals surface area (Å²) in [7, 11) is 1.41. The van der Waals surface area contributed by atoms with Crippen LogP contribution in [0.15, 0.2) is 6.07 Å². The molecule has 1 N–H and O–H groups in total. The second kappa shape index (κ2) is 5.72. The lowest BCUT2D eigenvalue weighted by Gasteiger charge is -2.18. The second-order valence-corrected chi connectivity index (χ2v) is 4.52. The first-order chi connectivity index (χ1) is 9.52. The van der Waals surface area contributed by atoms with Crippen LogP contribution in [0.2, 0.25) is 0 Å². The maximum Gasteiger partial charge on any atom is 0.313 e. The number of hydrogen-bond acceptors (Lipinski definition) is 6. The molecule has 0 bridgehead atoms. The molecule has 0 unspecified atom stereocenters. The lowest BCUT2D eigenvalue weighted by atomic mass is 10.3. The van der Waals surface area contributed by atoms with Crippen LogP contribution in [0, 0.1) is 10.1 Å². The maximum atomic E-state index is 11.2. The number of nitrogens with zero attached hydrogens (tertiary/aromatic N) is 3. The van der Waals surface area contributed by atoms with E-state index in [-0.39, 0.29) is 23.2 Å². The molecular formula is C12H16N4O4. The van der Waals surface area contributed by atoms with Crippen LogP contribution in [0.5, 0.6) is 5.88 Å². The maximum absolute atomic E-state index is 11.2. The molecule has 20 heavy (non-hydrogen) atoms. The van der Waals surface area contributed by atoms with Crippen LogP contribution in [-0.4, -0.2) is 36.0 Å². The first-order valence-electron chi connectivity index (χ1n) is 6.29. The molecule has 1 aromatic rings. The van der Waals surface area contributed by atoms with Crippen LogP contribution >= 0.6 is 0 Å². The van der Waals surface area contributed by atoms with Gasteiger partial charge in [-0.1, -0.05) is 0 Å². The molecule has 2 rings (SSSR count). The number of aromatic nitrogens is 1. The monoisotopic (exact) mass is 280 g/mol. The quantitative estimate of drug-likeness (QED) is 0.664. The Morgan fingerprint density at radius 2 is 2.15 bits per heavy atom. The highest BCUT2D eigenvalue weighted by molar-refractivity contribution is 5.91. The van der Waals surface area contributed by atoms with Crippen molar-refractivity contribution in [1.82, 2.24) is 4.98 Å². The Morgan fingerprint density at radius 3 is 2.65 bits per heavy atom. The first-order valence-corrected chi connectivity index (χ1v) is 6.29. The average Bonchev–Trinajstić information content (AvgIpc) is 2.91. The Bertz CT molecular complexity index is 541. The topological polar surface area (TPSA) is 97.6 Å². The van der Waals surface area contributed by atoms with Gasteiger partial charge in [0.2, 0.25) is 17.6 Å². The van der Waals surface area contributed by atoms with E-state index in [2.05, 4.69) is 10.3 Å². The molecule has 0 atom stereocenters. The Morgan fingerprint density at radius 1 is 1.50 bits per heavy atom. The smallest absolute Gasteiger partial charge is 0.313 e. The van der Waals surface area contributed by atoms with Crippen molar-refractivity contribution < 1.29 is 14.5 Å². The standard InChI is InChI=1S/C12H16N4O4/c1-8(17)13-9-7-10(16(18)19)11(14-12(9)20-2)15-5-3-4-6-15/h7H,3-6H2,1-2H3,(H,13,17). The minimum absolute atomic E-state index is 0.128. The number of carbonyl (C=O) groups is 1. The van der Waals surface area contributed by atoms with Gasteiger partial charge < -0.3 is 15.0 Å². The van der Waals surface area contributed by atoms with Crippen molar-refractivity contribution in [2.24, 2.45) is 0 Å². The summed E-state index contributed by atoms with van der Waals surface area (Å²) >= 11 is 0. The molecule has 0 spiro atoms. The van der Waals surface area contributed by atoms with Gasteiger partial charge in [0.05, 0.1) is 12.0 Å². The van der Waals surface area contributed by atoms with Gasteiger partial charge in [-0.3, -0.25) is 14.9 Å². The normalized spacial score (nSPS) is 14.2. The van der Waals surface area contributed by atoms with Crippen molar-refractivity contribution in [2.45, 2.75) is 19.8 Å². The fraction of sp³-hybridized carbons (Fsp3) is 0.500. The number of pyridine rings is 1.